The number of hydrazone groups is 1. The molecule has 1 aromatic carbocycles. The molecular weight excluding hydrogens is 324 g/mol. The Labute approximate surface area is 142 Å². The summed E-state index contributed by atoms with van der Waals surface area (Å²) in [5, 5.41) is 19.0. The lowest BCUT2D eigenvalue weighted by molar-refractivity contribution is 0.0948. The average Bonchev–Trinajstić information content (AvgIpc) is 3.21. The maximum absolute atomic E-state index is 12.4. The van der Waals surface area contributed by atoms with Gasteiger partial charge in [-0.15, -0.1) is 5.10 Å². The molecule has 128 valence electrons. The Morgan fingerprint density at radius 3 is 2.72 bits per heavy atom. The van der Waals surface area contributed by atoms with E-state index >= 15 is 0 Å². The molecule has 0 atom stereocenters. The lowest BCUT2D eigenvalue weighted by Crippen LogP contribution is -2.21. The average molecular weight is 340 g/mol. The Bertz CT molecular complexity index is 897. The maximum atomic E-state index is 12.4. The van der Waals surface area contributed by atoms with Gasteiger partial charge in [-0.25, -0.2) is 10.1 Å². The molecule has 10 heteroatoms. The van der Waals surface area contributed by atoms with Crippen LogP contribution >= 0.6 is 0 Å². The van der Waals surface area contributed by atoms with Crippen molar-refractivity contribution in [3.8, 4) is 5.82 Å². The van der Waals surface area contributed by atoms with Crippen LogP contribution in [0, 0.1) is 0 Å². The lowest BCUT2D eigenvalue weighted by Gasteiger charge is -2.08. The number of amides is 1. The fourth-order valence-electron chi connectivity index (χ4n) is 2.22. The minimum atomic E-state index is -0.489. The van der Waals surface area contributed by atoms with E-state index in [0.717, 1.165) is 5.56 Å². The van der Waals surface area contributed by atoms with E-state index in [1.54, 1.807) is 0 Å². The number of hydrogen-bond donors (Lipinski definition) is 2. The van der Waals surface area contributed by atoms with E-state index in [0.29, 0.717) is 5.69 Å². The van der Waals surface area contributed by atoms with Crippen LogP contribution in [-0.4, -0.2) is 37.4 Å². The van der Waals surface area contributed by atoms with Gasteiger partial charge >= 0.3 is 0 Å². The van der Waals surface area contributed by atoms with Crippen LogP contribution in [0.15, 0.2) is 40.1 Å². The minimum Gasteiger partial charge on any atom is -0.378 e. The lowest BCUT2D eigenvalue weighted by atomic mass is 10.1. The van der Waals surface area contributed by atoms with Crippen molar-refractivity contribution < 1.29 is 9.42 Å². The van der Waals surface area contributed by atoms with Gasteiger partial charge in [0.25, 0.3) is 5.91 Å². The van der Waals surface area contributed by atoms with Crippen LogP contribution in [0.5, 0.6) is 0 Å². The molecule has 0 saturated heterocycles. The molecule has 0 unspecified atom stereocenters. The third-order valence-electron chi connectivity index (χ3n) is 3.34. The Morgan fingerprint density at radius 1 is 1.32 bits per heavy atom. The number of nitrogen functional groups attached to an aromatic ring is 1. The highest BCUT2D eigenvalue weighted by Gasteiger charge is 2.25. The van der Waals surface area contributed by atoms with E-state index in [1.165, 1.54) is 10.9 Å². The molecular formula is C15H16N8O2. The molecule has 0 radical (unpaired) electrons. The number of carbonyl (C=O) groups is 1. The number of anilines is 1. The first kappa shape index (κ1) is 16.3. The summed E-state index contributed by atoms with van der Waals surface area (Å²) in [5.74, 6) is -0.328. The second-order valence-corrected chi connectivity index (χ2v) is 5.47. The van der Waals surface area contributed by atoms with Gasteiger partial charge in [-0.1, -0.05) is 49.4 Å². The minimum absolute atomic E-state index is 0.0563. The van der Waals surface area contributed by atoms with Gasteiger partial charge in [-0.05, 0) is 21.8 Å². The molecule has 0 aliphatic rings. The number of benzene rings is 1. The molecule has 0 aliphatic carbocycles. The third kappa shape index (κ3) is 3.37. The molecule has 3 N–H and O–H groups in total. The summed E-state index contributed by atoms with van der Waals surface area (Å²) >= 11 is 0. The summed E-state index contributed by atoms with van der Waals surface area (Å²) in [6.07, 6.45) is 1.54. The first-order valence-corrected chi connectivity index (χ1v) is 7.50. The number of aromatic nitrogens is 5. The monoisotopic (exact) mass is 340 g/mol. The predicted molar refractivity (Wildman–Crippen MR) is 89.2 cm³/mol. The molecule has 3 aromatic rings. The van der Waals surface area contributed by atoms with Gasteiger partial charge in [0.2, 0.25) is 11.6 Å². The van der Waals surface area contributed by atoms with Gasteiger partial charge < -0.3 is 5.73 Å². The smallest absolute Gasteiger partial charge is 0.293 e. The molecule has 3 rings (SSSR count). The molecule has 2 aromatic heterocycles. The van der Waals surface area contributed by atoms with Crippen LogP contribution in [0.25, 0.3) is 5.82 Å². The van der Waals surface area contributed by atoms with Crippen molar-refractivity contribution in [2.24, 2.45) is 5.10 Å². The molecule has 0 bridgehead atoms. The largest absolute Gasteiger partial charge is 0.378 e. The summed E-state index contributed by atoms with van der Waals surface area (Å²) in [4.78, 5) is 12.4. The van der Waals surface area contributed by atoms with E-state index in [1.807, 2.05) is 44.2 Å². The van der Waals surface area contributed by atoms with E-state index in [-0.39, 0.29) is 23.2 Å². The maximum Gasteiger partial charge on any atom is 0.293 e. The van der Waals surface area contributed by atoms with Gasteiger partial charge in [0.15, 0.2) is 5.69 Å². The number of rotatable bonds is 5. The third-order valence-corrected chi connectivity index (χ3v) is 3.34. The SMILES string of the molecule is CC(C)c1c(C(=O)N/N=C/c2ccccc2)nnn1-c1nonc1N. The summed E-state index contributed by atoms with van der Waals surface area (Å²) in [6.45, 7) is 3.78. The topological polar surface area (TPSA) is 137 Å². The van der Waals surface area contributed by atoms with Crippen molar-refractivity contribution in [3.63, 3.8) is 0 Å². The van der Waals surface area contributed by atoms with Crippen molar-refractivity contribution in [2.45, 2.75) is 19.8 Å². The summed E-state index contributed by atoms with van der Waals surface area (Å²) in [7, 11) is 0. The summed E-state index contributed by atoms with van der Waals surface area (Å²) < 4.78 is 5.92. The molecule has 25 heavy (non-hydrogen) atoms. The predicted octanol–water partition coefficient (Wildman–Crippen LogP) is 1.12. The van der Waals surface area contributed by atoms with Crippen LogP contribution in [0.4, 0.5) is 5.82 Å². The number of nitrogens with two attached hydrogens (primary N) is 1. The standard InChI is InChI=1S/C15H16N8O2/c1-9(2)12-11(18-22-23(12)14-13(16)20-25-21-14)15(24)19-17-8-10-6-4-3-5-7-10/h3-9H,1-2H3,(H2,16,20)(H,19,24)/b17-8+. The highest BCUT2D eigenvalue weighted by molar-refractivity contribution is 5.94. The van der Waals surface area contributed by atoms with Gasteiger partial charge in [0, 0.05) is 0 Å². The van der Waals surface area contributed by atoms with Crippen LogP contribution in [0.1, 0.15) is 41.5 Å². The van der Waals surface area contributed by atoms with Crippen molar-refractivity contribution in [2.75, 3.05) is 5.73 Å². The van der Waals surface area contributed by atoms with Crippen LogP contribution in [0.3, 0.4) is 0 Å². The Balaban J connectivity index is 1.84. The van der Waals surface area contributed by atoms with Gasteiger partial charge in [0.1, 0.15) is 0 Å². The Morgan fingerprint density at radius 2 is 2.08 bits per heavy atom. The van der Waals surface area contributed by atoms with Crippen molar-refractivity contribution in [1.82, 2.24) is 30.7 Å². The molecule has 10 nitrogen and oxygen atoms in total. The van der Waals surface area contributed by atoms with Crippen molar-refractivity contribution in [1.29, 1.82) is 0 Å². The van der Waals surface area contributed by atoms with Crippen LogP contribution in [0.2, 0.25) is 0 Å². The van der Waals surface area contributed by atoms with E-state index in [4.69, 9.17) is 5.73 Å². The zero-order valence-corrected chi connectivity index (χ0v) is 13.6. The van der Waals surface area contributed by atoms with Crippen molar-refractivity contribution >= 4 is 17.9 Å². The van der Waals surface area contributed by atoms with E-state index in [2.05, 4.69) is 35.8 Å². The van der Waals surface area contributed by atoms with Gasteiger partial charge in [-0.2, -0.15) is 9.78 Å². The second kappa shape index (κ2) is 6.91. The van der Waals surface area contributed by atoms with E-state index < -0.39 is 5.91 Å². The molecule has 0 fully saturated rings. The number of nitrogens with one attached hydrogen (secondary N) is 1. The Hall–Kier alpha value is -3.56. The molecule has 2 heterocycles. The number of carbonyl (C=O) groups excluding carboxylic acids is 1. The first-order valence-electron chi connectivity index (χ1n) is 7.50. The van der Waals surface area contributed by atoms with Gasteiger partial charge in [-0.3, -0.25) is 4.79 Å². The van der Waals surface area contributed by atoms with Crippen LogP contribution < -0.4 is 11.2 Å². The van der Waals surface area contributed by atoms with Crippen molar-refractivity contribution in [3.05, 3.63) is 47.3 Å². The number of hydrogen-bond acceptors (Lipinski definition) is 8. The molecule has 0 aliphatic heterocycles. The quantitative estimate of drug-likeness (QED) is 0.524. The fraction of sp³-hybridized carbons (Fsp3) is 0.200. The Kier molecular flexibility index (Phi) is 4.50. The fourth-order valence-corrected chi connectivity index (χ4v) is 2.22. The highest BCUT2D eigenvalue weighted by atomic mass is 16.6. The zero-order valence-electron chi connectivity index (χ0n) is 13.6. The number of nitrogens with zero attached hydrogens (tertiary/aromatic N) is 6. The summed E-state index contributed by atoms with van der Waals surface area (Å²) in [6, 6.07) is 9.38. The normalized spacial score (nSPS) is 11.3. The molecule has 0 spiro atoms. The highest BCUT2D eigenvalue weighted by Crippen LogP contribution is 2.22. The first-order chi connectivity index (χ1) is 12.1. The summed E-state index contributed by atoms with van der Waals surface area (Å²) in [5.41, 5.74) is 9.64. The van der Waals surface area contributed by atoms with E-state index in [9.17, 15) is 4.79 Å². The van der Waals surface area contributed by atoms with Crippen LogP contribution in [-0.2, 0) is 0 Å². The van der Waals surface area contributed by atoms with Gasteiger partial charge in [0.05, 0.1) is 11.9 Å². The second-order valence-electron chi connectivity index (χ2n) is 5.47. The molecule has 0 saturated carbocycles. The zero-order chi connectivity index (χ0) is 17.8. The molecule has 1 amide bonds.